The van der Waals surface area contributed by atoms with Crippen LogP contribution in [0.3, 0.4) is 0 Å². The molecule has 0 bridgehead atoms. The summed E-state index contributed by atoms with van der Waals surface area (Å²) < 4.78 is 5.13. The highest BCUT2D eigenvalue weighted by molar-refractivity contribution is 5.79. The Kier molecular flexibility index (Phi) is 4.18. The molecule has 1 fully saturated rings. The number of aryl methyl sites for hydroxylation is 1. The Labute approximate surface area is 103 Å². The highest BCUT2D eigenvalue weighted by atomic mass is 16.5. The minimum absolute atomic E-state index is 0.455. The maximum absolute atomic E-state index is 11.4. The normalized spacial score (nSPS) is 20.3. The Bertz CT molecular complexity index is 367. The molecule has 0 aromatic heterocycles. The van der Waals surface area contributed by atoms with Crippen LogP contribution in [0.25, 0.3) is 0 Å². The molecule has 2 nitrogen and oxygen atoms in total. The molecule has 1 unspecified atom stereocenters. The number of Topliss-reactive ketones (excluding diaryl/α,β-unsaturated/α-hetero) is 1. The fourth-order valence-electron chi connectivity index (χ4n) is 2.52. The summed E-state index contributed by atoms with van der Waals surface area (Å²) >= 11 is 0. The van der Waals surface area contributed by atoms with E-state index in [2.05, 4.69) is 12.1 Å². The number of methoxy groups -OCH3 is 1. The molecule has 17 heavy (non-hydrogen) atoms. The number of rotatable bonds is 4. The van der Waals surface area contributed by atoms with Crippen molar-refractivity contribution in [2.24, 2.45) is 5.92 Å². The van der Waals surface area contributed by atoms with Gasteiger partial charge < -0.3 is 4.74 Å². The number of hydrogen-bond donors (Lipinski definition) is 0. The third kappa shape index (κ3) is 3.58. The Morgan fingerprint density at radius 1 is 1.29 bits per heavy atom. The van der Waals surface area contributed by atoms with E-state index in [9.17, 15) is 4.79 Å². The lowest BCUT2D eigenvalue weighted by molar-refractivity contribution is -0.121. The van der Waals surface area contributed by atoms with Gasteiger partial charge in [-0.2, -0.15) is 0 Å². The van der Waals surface area contributed by atoms with Crippen LogP contribution in [-0.2, 0) is 11.2 Å². The second-order valence-corrected chi connectivity index (χ2v) is 4.89. The van der Waals surface area contributed by atoms with Crippen molar-refractivity contribution in [1.29, 1.82) is 0 Å². The molecule has 1 aliphatic rings. The molecule has 2 heteroatoms. The second-order valence-electron chi connectivity index (χ2n) is 4.89. The van der Waals surface area contributed by atoms with Crippen LogP contribution >= 0.6 is 0 Å². The number of hydrogen-bond acceptors (Lipinski definition) is 2. The Morgan fingerprint density at radius 3 is 2.71 bits per heavy atom. The van der Waals surface area contributed by atoms with Gasteiger partial charge in [0.25, 0.3) is 0 Å². The van der Waals surface area contributed by atoms with E-state index in [4.69, 9.17) is 4.74 Å². The molecular formula is C15H20O2. The van der Waals surface area contributed by atoms with Crippen molar-refractivity contribution in [2.75, 3.05) is 7.11 Å². The molecule has 1 atom stereocenters. The van der Waals surface area contributed by atoms with E-state index in [-0.39, 0.29) is 0 Å². The van der Waals surface area contributed by atoms with Crippen LogP contribution in [0.2, 0.25) is 0 Å². The molecular weight excluding hydrogens is 212 g/mol. The molecule has 0 radical (unpaired) electrons. The molecule has 1 saturated carbocycles. The fourth-order valence-corrected chi connectivity index (χ4v) is 2.52. The molecule has 0 spiro atoms. The predicted molar refractivity (Wildman–Crippen MR) is 68.3 cm³/mol. The summed E-state index contributed by atoms with van der Waals surface area (Å²) in [4.78, 5) is 11.4. The summed E-state index contributed by atoms with van der Waals surface area (Å²) in [5.41, 5.74) is 1.34. The highest BCUT2D eigenvalue weighted by Gasteiger charge is 2.18. The van der Waals surface area contributed by atoms with Crippen molar-refractivity contribution < 1.29 is 9.53 Å². The zero-order valence-corrected chi connectivity index (χ0v) is 10.4. The minimum atomic E-state index is 0.455. The summed E-state index contributed by atoms with van der Waals surface area (Å²) in [5.74, 6) is 1.97. The van der Waals surface area contributed by atoms with E-state index < -0.39 is 0 Å². The van der Waals surface area contributed by atoms with Crippen molar-refractivity contribution in [3.05, 3.63) is 29.8 Å². The zero-order chi connectivity index (χ0) is 12.1. The molecule has 1 aliphatic carbocycles. The largest absolute Gasteiger partial charge is 0.497 e. The Morgan fingerprint density at radius 2 is 2.06 bits per heavy atom. The molecule has 0 aliphatic heterocycles. The summed E-state index contributed by atoms with van der Waals surface area (Å²) in [6, 6.07) is 8.23. The number of benzene rings is 1. The molecule has 1 aromatic rings. The Balaban J connectivity index is 1.82. The van der Waals surface area contributed by atoms with Crippen LogP contribution in [0.15, 0.2) is 24.3 Å². The first kappa shape index (κ1) is 12.2. The first-order valence-electron chi connectivity index (χ1n) is 6.42. The van der Waals surface area contributed by atoms with E-state index in [1.165, 1.54) is 12.0 Å². The van der Waals surface area contributed by atoms with Gasteiger partial charge in [-0.25, -0.2) is 0 Å². The van der Waals surface area contributed by atoms with Crippen LogP contribution in [0.4, 0.5) is 0 Å². The molecule has 1 aromatic carbocycles. The van der Waals surface area contributed by atoms with Gasteiger partial charge in [0.15, 0.2) is 0 Å². The topological polar surface area (TPSA) is 26.3 Å². The van der Waals surface area contributed by atoms with Crippen molar-refractivity contribution in [2.45, 2.75) is 38.5 Å². The third-order valence-corrected chi connectivity index (χ3v) is 3.58. The SMILES string of the molecule is COc1ccc(CCC2CCCC(=O)C2)cc1. The van der Waals surface area contributed by atoms with E-state index in [1.807, 2.05) is 12.1 Å². The number of carbonyl (C=O) groups excluding carboxylic acids is 1. The maximum Gasteiger partial charge on any atom is 0.133 e. The van der Waals surface area contributed by atoms with Crippen LogP contribution < -0.4 is 4.74 Å². The molecule has 92 valence electrons. The first-order chi connectivity index (χ1) is 8.28. The van der Waals surface area contributed by atoms with Gasteiger partial charge in [-0.15, -0.1) is 0 Å². The van der Waals surface area contributed by atoms with Crippen molar-refractivity contribution in [3.8, 4) is 5.75 Å². The van der Waals surface area contributed by atoms with Gasteiger partial charge in [-0.05, 0) is 49.3 Å². The molecule has 0 N–H and O–H groups in total. The van der Waals surface area contributed by atoms with E-state index in [1.54, 1.807) is 7.11 Å². The van der Waals surface area contributed by atoms with Gasteiger partial charge in [0.1, 0.15) is 11.5 Å². The van der Waals surface area contributed by atoms with Crippen molar-refractivity contribution in [1.82, 2.24) is 0 Å². The summed E-state index contributed by atoms with van der Waals surface area (Å²) in [5, 5.41) is 0. The Hall–Kier alpha value is -1.31. The number of carbonyl (C=O) groups is 1. The molecule has 0 saturated heterocycles. The van der Waals surface area contributed by atoms with Crippen LogP contribution in [0, 0.1) is 5.92 Å². The van der Waals surface area contributed by atoms with Gasteiger partial charge in [0.2, 0.25) is 0 Å². The highest BCUT2D eigenvalue weighted by Crippen LogP contribution is 2.25. The van der Waals surface area contributed by atoms with Crippen molar-refractivity contribution >= 4 is 5.78 Å². The maximum atomic E-state index is 11.4. The average Bonchev–Trinajstić information content (AvgIpc) is 2.37. The first-order valence-corrected chi connectivity index (χ1v) is 6.42. The predicted octanol–water partition coefficient (Wildman–Crippen LogP) is 3.39. The van der Waals surface area contributed by atoms with Gasteiger partial charge in [-0.3, -0.25) is 4.79 Å². The monoisotopic (exact) mass is 232 g/mol. The van der Waals surface area contributed by atoms with Crippen LogP contribution in [0.1, 0.15) is 37.7 Å². The minimum Gasteiger partial charge on any atom is -0.497 e. The molecule has 0 heterocycles. The second kappa shape index (κ2) is 5.85. The average molecular weight is 232 g/mol. The van der Waals surface area contributed by atoms with Crippen molar-refractivity contribution in [3.63, 3.8) is 0 Å². The fraction of sp³-hybridized carbons (Fsp3) is 0.533. The van der Waals surface area contributed by atoms with Gasteiger partial charge in [-0.1, -0.05) is 12.1 Å². The number of ether oxygens (including phenoxy) is 1. The third-order valence-electron chi connectivity index (χ3n) is 3.58. The lowest BCUT2D eigenvalue weighted by Gasteiger charge is -2.20. The van der Waals surface area contributed by atoms with Gasteiger partial charge in [0, 0.05) is 12.8 Å². The van der Waals surface area contributed by atoms with Crippen LogP contribution in [-0.4, -0.2) is 12.9 Å². The molecule has 0 amide bonds. The molecule has 2 rings (SSSR count). The lowest BCUT2D eigenvalue weighted by atomic mass is 9.84. The smallest absolute Gasteiger partial charge is 0.133 e. The summed E-state index contributed by atoms with van der Waals surface area (Å²) in [7, 11) is 1.68. The van der Waals surface area contributed by atoms with E-state index >= 15 is 0 Å². The summed E-state index contributed by atoms with van der Waals surface area (Å²) in [6.07, 6.45) is 6.13. The van der Waals surface area contributed by atoms with Gasteiger partial charge in [0.05, 0.1) is 7.11 Å². The standard InChI is InChI=1S/C15H20O2/c1-17-15-9-7-12(8-10-15)5-6-13-3-2-4-14(16)11-13/h7-10,13H,2-6,11H2,1H3. The van der Waals surface area contributed by atoms with Gasteiger partial charge >= 0.3 is 0 Å². The van der Waals surface area contributed by atoms with Crippen LogP contribution in [0.5, 0.6) is 5.75 Å². The lowest BCUT2D eigenvalue weighted by Crippen LogP contribution is -2.15. The van der Waals surface area contributed by atoms with E-state index in [0.717, 1.165) is 37.9 Å². The zero-order valence-electron chi connectivity index (χ0n) is 10.4. The van der Waals surface area contributed by atoms with E-state index in [0.29, 0.717) is 11.7 Å². The summed E-state index contributed by atoms with van der Waals surface area (Å²) in [6.45, 7) is 0. The quantitative estimate of drug-likeness (QED) is 0.795. The number of ketones is 1.